The van der Waals surface area contributed by atoms with Crippen molar-refractivity contribution in [1.29, 1.82) is 0 Å². The lowest BCUT2D eigenvalue weighted by Gasteiger charge is -2.50. The Hall–Kier alpha value is -3.48. The molecule has 3 aliphatic rings. The molecule has 4 rings (SSSR count). The predicted molar refractivity (Wildman–Crippen MR) is 144 cm³/mol. The van der Waals surface area contributed by atoms with E-state index in [1.807, 2.05) is 13.8 Å². The van der Waals surface area contributed by atoms with Gasteiger partial charge in [0, 0.05) is 35.7 Å². The number of phenols is 1. The summed E-state index contributed by atoms with van der Waals surface area (Å²) in [5.41, 5.74) is 1.26. The number of likely N-dealkylation sites (N-methyl/N-ethyl adjacent to an activating group) is 1. The summed E-state index contributed by atoms with van der Waals surface area (Å²) in [7, 11) is 6.58. The predicted octanol–water partition coefficient (Wildman–Crippen LogP) is 1.39. The van der Waals surface area contributed by atoms with E-state index in [2.05, 4.69) is 5.32 Å². The minimum absolute atomic E-state index is 0.0254. The summed E-state index contributed by atoms with van der Waals surface area (Å²) in [6.07, 6.45) is -0.221. The smallest absolute Gasteiger partial charge is 0.255 e. The van der Waals surface area contributed by atoms with E-state index < -0.39 is 69.6 Å². The van der Waals surface area contributed by atoms with Crippen LogP contribution in [0.3, 0.4) is 0 Å². The highest BCUT2D eigenvalue weighted by atomic mass is 19.1. The molecule has 40 heavy (non-hydrogen) atoms. The number of aliphatic hydroxyl groups excluding tert-OH is 2. The number of carbonyl (C=O) groups excluding carboxylic acids is 3. The highest BCUT2D eigenvalue weighted by Crippen LogP contribution is 2.53. The summed E-state index contributed by atoms with van der Waals surface area (Å²) in [5, 5.41) is 48.3. The number of aliphatic hydroxyl groups is 3. The van der Waals surface area contributed by atoms with E-state index in [0.29, 0.717) is 6.54 Å². The number of aromatic hydroxyl groups is 1. The first kappa shape index (κ1) is 29.5. The topological polar surface area (TPSA) is 177 Å². The molecule has 11 nitrogen and oxygen atoms in total. The zero-order valence-corrected chi connectivity index (χ0v) is 23.5. The summed E-state index contributed by atoms with van der Waals surface area (Å²) in [4.78, 5) is 42.6. The highest BCUT2D eigenvalue weighted by Gasteiger charge is 2.63. The van der Waals surface area contributed by atoms with Crippen molar-refractivity contribution in [2.24, 2.45) is 23.5 Å². The SMILES string of the molecule is CC(C)CNc1c(O)c2c(c(F)c1CN(C)C)C[C@H]1C[C@H]3[C@H](N(C)C)C(O)=C(C(N)=O)C(=O)[C@@]3(O)C(O)=C1C2=O. The largest absolute Gasteiger partial charge is 0.510 e. The van der Waals surface area contributed by atoms with Crippen molar-refractivity contribution in [3.63, 3.8) is 0 Å². The minimum atomic E-state index is -2.75. The van der Waals surface area contributed by atoms with E-state index in [1.54, 1.807) is 33.1 Å². The number of ketones is 2. The lowest BCUT2D eigenvalue weighted by Crippen LogP contribution is -2.63. The van der Waals surface area contributed by atoms with Gasteiger partial charge in [-0.05, 0) is 52.9 Å². The molecule has 7 N–H and O–H groups in total. The summed E-state index contributed by atoms with van der Waals surface area (Å²) < 4.78 is 16.2. The highest BCUT2D eigenvalue weighted by molar-refractivity contribution is 6.24. The molecule has 1 aromatic rings. The molecule has 3 aliphatic carbocycles. The minimum Gasteiger partial charge on any atom is -0.510 e. The van der Waals surface area contributed by atoms with Crippen LogP contribution >= 0.6 is 0 Å². The van der Waals surface area contributed by atoms with Gasteiger partial charge in [0.2, 0.25) is 5.78 Å². The summed E-state index contributed by atoms with van der Waals surface area (Å²) in [6, 6.07) is -1.12. The van der Waals surface area contributed by atoms with Gasteiger partial charge in [0.25, 0.3) is 5.91 Å². The first-order valence-corrected chi connectivity index (χ1v) is 13.1. The maximum absolute atomic E-state index is 16.2. The van der Waals surface area contributed by atoms with Gasteiger partial charge in [0.1, 0.15) is 22.9 Å². The van der Waals surface area contributed by atoms with Crippen molar-refractivity contribution in [1.82, 2.24) is 9.80 Å². The molecule has 0 aliphatic heterocycles. The molecule has 1 aromatic carbocycles. The zero-order chi connectivity index (χ0) is 30.0. The molecule has 0 radical (unpaired) electrons. The van der Waals surface area contributed by atoms with Crippen LogP contribution < -0.4 is 11.1 Å². The normalized spacial score (nSPS) is 26.4. The molecule has 0 saturated heterocycles. The molecule has 0 saturated carbocycles. The zero-order valence-electron chi connectivity index (χ0n) is 23.5. The number of Topliss-reactive ketones (excluding diaryl/α,β-unsaturated/α-hetero) is 2. The number of hydrogen-bond acceptors (Lipinski definition) is 10. The van der Waals surface area contributed by atoms with Gasteiger partial charge in [-0.15, -0.1) is 0 Å². The van der Waals surface area contributed by atoms with Gasteiger partial charge >= 0.3 is 0 Å². The Kier molecular flexibility index (Phi) is 7.50. The van der Waals surface area contributed by atoms with Crippen LogP contribution in [-0.2, 0) is 22.6 Å². The number of amides is 1. The van der Waals surface area contributed by atoms with E-state index in [4.69, 9.17) is 5.73 Å². The molecule has 1 amide bonds. The first-order chi connectivity index (χ1) is 18.5. The number of primary amides is 1. The van der Waals surface area contributed by atoms with Crippen LogP contribution in [0.2, 0.25) is 0 Å². The van der Waals surface area contributed by atoms with Crippen molar-refractivity contribution >= 4 is 23.2 Å². The van der Waals surface area contributed by atoms with Crippen molar-refractivity contribution in [3.05, 3.63) is 45.2 Å². The number of halogens is 1. The number of allylic oxidation sites excluding steroid dienone is 1. The number of hydrogen-bond donors (Lipinski definition) is 6. The number of nitrogens with two attached hydrogens (primary N) is 1. The molecule has 0 bridgehead atoms. The number of nitrogens with zero attached hydrogens (tertiary/aromatic N) is 2. The van der Waals surface area contributed by atoms with E-state index in [1.165, 1.54) is 4.90 Å². The molecule has 12 heteroatoms. The third-order valence-corrected chi connectivity index (χ3v) is 8.08. The van der Waals surface area contributed by atoms with Crippen molar-refractivity contribution in [2.75, 3.05) is 40.1 Å². The number of benzene rings is 1. The summed E-state index contributed by atoms with van der Waals surface area (Å²) in [5.74, 6) is -8.22. The Labute approximate surface area is 231 Å². The van der Waals surface area contributed by atoms with Crippen LogP contribution in [0, 0.1) is 23.6 Å². The second-order valence-electron chi connectivity index (χ2n) is 11.8. The first-order valence-electron chi connectivity index (χ1n) is 13.1. The van der Waals surface area contributed by atoms with Crippen LogP contribution in [0.15, 0.2) is 22.7 Å². The monoisotopic (exact) mass is 560 g/mol. The molecule has 0 spiro atoms. The number of fused-ring (bicyclic) bond motifs is 3. The van der Waals surface area contributed by atoms with Crippen LogP contribution in [0.5, 0.6) is 5.75 Å². The fourth-order valence-electron chi connectivity index (χ4n) is 6.36. The van der Waals surface area contributed by atoms with Crippen LogP contribution in [0.25, 0.3) is 0 Å². The molecule has 4 atom stereocenters. The van der Waals surface area contributed by atoms with E-state index >= 15 is 4.39 Å². The van der Waals surface area contributed by atoms with E-state index in [9.17, 15) is 34.8 Å². The maximum Gasteiger partial charge on any atom is 0.255 e. The number of nitrogens with one attached hydrogen (secondary N) is 1. The third kappa shape index (κ3) is 4.25. The number of carbonyl (C=O) groups is 3. The molecule has 218 valence electrons. The van der Waals surface area contributed by atoms with Gasteiger partial charge in [-0.3, -0.25) is 19.3 Å². The Morgan fingerprint density at radius 3 is 2.33 bits per heavy atom. The Morgan fingerprint density at radius 2 is 1.80 bits per heavy atom. The second-order valence-corrected chi connectivity index (χ2v) is 11.8. The molecule has 0 unspecified atom stereocenters. The van der Waals surface area contributed by atoms with Gasteiger partial charge in [-0.25, -0.2) is 4.39 Å². The van der Waals surface area contributed by atoms with Crippen molar-refractivity contribution < 1.29 is 39.2 Å². The molecule has 0 fully saturated rings. The van der Waals surface area contributed by atoms with Gasteiger partial charge in [0.05, 0.1) is 17.3 Å². The quantitative estimate of drug-likeness (QED) is 0.211. The van der Waals surface area contributed by atoms with Gasteiger partial charge < -0.3 is 36.4 Å². The number of anilines is 1. The molecule has 0 aromatic heterocycles. The Morgan fingerprint density at radius 1 is 1.18 bits per heavy atom. The van der Waals surface area contributed by atoms with Gasteiger partial charge in [-0.1, -0.05) is 13.8 Å². The molecular formula is C28H37FN4O7. The van der Waals surface area contributed by atoms with E-state index in [-0.39, 0.29) is 53.3 Å². The lowest BCUT2D eigenvalue weighted by molar-refractivity contribution is -0.148. The van der Waals surface area contributed by atoms with Crippen LogP contribution in [0.4, 0.5) is 10.1 Å². The van der Waals surface area contributed by atoms with E-state index in [0.717, 1.165) is 0 Å². The number of phenolic OH excluding ortho intramolecular Hbond substituents is 1. The summed E-state index contributed by atoms with van der Waals surface area (Å²) in [6.45, 7) is 4.37. The fraction of sp³-hybridized carbons (Fsp3) is 0.536. The Bertz CT molecular complexity index is 1370. The number of rotatable bonds is 7. The van der Waals surface area contributed by atoms with Crippen molar-refractivity contribution in [2.45, 2.75) is 44.9 Å². The second kappa shape index (κ2) is 10.2. The van der Waals surface area contributed by atoms with Crippen LogP contribution in [0.1, 0.15) is 41.8 Å². The van der Waals surface area contributed by atoms with Crippen LogP contribution in [-0.4, -0.2) is 94.1 Å². The fourth-order valence-corrected chi connectivity index (χ4v) is 6.36. The average molecular weight is 561 g/mol. The Balaban J connectivity index is 1.96. The molecular weight excluding hydrogens is 523 g/mol. The van der Waals surface area contributed by atoms with Crippen molar-refractivity contribution in [3.8, 4) is 5.75 Å². The lowest BCUT2D eigenvalue weighted by atomic mass is 9.58. The standard InChI is InChI=1S/C28H37FN4O7/c1-11(2)9-31-20-14(10-32(3)4)19(29)13-7-12-8-15-21(33(5)6)24(36)18(27(30)39)26(38)28(15,40)25(37)16(12)22(34)17(13)23(20)35/h11-12,15,21,31,35-37,40H,7-10H2,1-6H3,(H2,30,39)/t12-,15-,21-,28-/m0/s1. The average Bonchev–Trinajstić information content (AvgIpc) is 2.83. The maximum atomic E-state index is 16.2. The molecule has 0 heterocycles. The summed E-state index contributed by atoms with van der Waals surface area (Å²) >= 11 is 0. The van der Waals surface area contributed by atoms with Gasteiger partial charge in [-0.2, -0.15) is 0 Å². The van der Waals surface area contributed by atoms with Gasteiger partial charge in [0.15, 0.2) is 17.1 Å². The third-order valence-electron chi connectivity index (χ3n) is 8.08.